The third-order valence-electron chi connectivity index (χ3n) is 7.18. The Morgan fingerprint density at radius 3 is 2.55 bits per heavy atom. The van der Waals surface area contributed by atoms with Crippen LogP contribution in [-0.4, -0.2) is 81.5 Å². The van der Waals surface area contributed by atoms with E-state index >= 15 is 0 Å². The topological polar surface area (TPSA) is 81.2 Å². The van der Waals surface area contributed by atoms with Crippen LogP contribution >= 0.6 is 23.4 Å². The van der Waals surface area contributed by atoms with Crippen molar-refractivity contribution in [2.24, 2.45) is 11.8 Å². The number of likely N-dealkylation sites (N-methyl/N-ethyl adjacent to an activating group) is 1. The van der Waals surface area contributed by atoms with Crippen molar-refractivity contribution in [3.63, 3.8) is 0 Å². The molecule has 3 amide bonds. The number of nitrogens with zero attached hydrogens (tertiary/aromatic N) is 3. The molecular weight excluding hydrogens is 462 g/mol. The highest BCUT2D eigenvalue weighted by Crippen LogP contribution is 2.61. The number of likely N-dealkylation sites (tertiary alicyclic amines) is 1. The number of hydrogen-bond donors (Lipinski definition) is 1. The number of carbonyl (C=O) groups is 3. The lowest BCUT2D eigenvalue weighted by Crippen LogP contribution is -2.56. The molecule has 4 aliphatic heterocycles. The second-order valence-electron chi connectivity index (χ2n) is 9.09. The van der Waals surface area contributed by atoms with E-state index in [0.717, 1.165) is 0 Å². The Kier molecular flexibility index (Phi) is 5.58. The van der Waals surface area contributed by atoms with E-state index in [1.54, 1.807) is 48.0 Å². The largest absolute Gasteiger partial charge is 0.394 e. The lowest BCUT2D eigenvalue weighted by Gasteiger charge is -2.37. The Morgan fingerprint density at radius 1 is 1.12 bits per heavy atom. The normalized spacial score (nSPS) is 34.2. The van der Waals surface area contributed by atoms with Crippen LogP contribution in [0, 0.1) is 11.8 Å². The van der Waals surface area contributed by atoms with Crippen LogP contribution in [0.1, 0.15) is 6.92 Å². The number of thioether (sulfide) groups is 1. The number of hydrogen-bond acceptors (Lipinski definition) is 5. The van der Waals surface area contributed by atoms with Gasteiger partial charge in [-0.15, -0.1) is 11.8 Å². The van der Waals surface area contributed by atoms with Gasteiger partial charge in [0.1, 0.15) is 6.04 Å². The van der Waals surface area contributed by atoms with Gasteiger partial charge in [-0.05, 0) is 31.2 Å². The summed E-state index contributed by atoms with van der Waals surface area (Å²) in [5.41, 5.74) is 0.687. The van der Waals surface area contributed by atoms with E-state index in [-0.39, 0.29) is 29.6 Å². The molecule has 1 spiro atoms. The van der Waals surface area contributed by atoms with Gasteiger partial charge in [0.2, 0.25) is 11.8 Å². The van der Waals surface area contributed by atoms with Gasteiger partial charge >= 0.3 is 0 Å². The van der Waals surface area contributed by atoms with Gasteiger partial charge in [-0.25, -0.2) is 0 Å². The van der Waals surface area contributed by atoms with E-state index in [1.807, 2.05) is 24.3 Å². The predicted octanol–water partition coefficient (Wildman–Crippen LogP) is 1.95. The lowest BCUT2D eigenvalue weighted by molar-refractivity contribution is -0.143. The molecule has 4 heterocycles. The zero-order chi connectivity index (χ0) is 23.5. The summed E-state index contributed by atoms with van der Waals surface area (Å²) in [6, 6.07) is 5.65. The molecule has 2 saturated heterocycles. The maximum Gasteiger partial charge on any atom is 0.251 e. The van der Waals surface area contributed by atoms with Gasteiger partial charge in [-0.1, -0.05) is 35.9 Å². The van der Waals surface area contributed by atoms with Crippen LogP contribution in [0.15, 0.2) is 48.6 Å². The fraction of sp³-hybridized carbons (Fsp3) is 0.458. The maximum atomic E-state index is 14.1. The second-order valence-corrected chi connectivity index (χ2v) is 11.0. The smallest absolute Gasteiger partial charge is 0.251 e. The Labute approximate surface area is 202 Å². The summed E-state index contributed by atoms with van der Waals surface area (Å²) in [6.45, 7) is 2.32. The number of amides is 3. The van der Waals surface area contributed by atoms with Crippen LogP contribution in [0.5, 0.6) is 0 Å². The van der Waals surface area contributed by atoms with E-state index in [2.05, 4.69) is 0 Å². The molecule has 0 saturated carbocycles. The summed E-state index contributed by atoms with van der Waals surface area (Å²) in [5, 5.41) is 10.3. The van der Waals surface area contributed by atoms with Gasteiger partial charge in [-0.2, -0.15) is 0 Å². The van der Waals surface area contributed by atoms with Crippen LogP contribution in [0.2, 0.25) is 5.02 Å². The molecule has 6 atom stereocenters. The van der Waals surface area contributed by atoms with E-state index < -0.39 is 28.7 Å². The maximum absolute atomic E-state index is 14.1. The first-order chi connectivity index (χ1) is 15.8. The molecule has 2 fully saturated rings. The van der Waals surface area contributed by atoms with Gasteiger partial charge in [0.05, 0.1) is 29.2 Å². The highest BCUT2D eigenvalue weighted by Gasteiger charge is 2.71. The van der Waals surface area contributed by atoms with Gasteiger partial charge in [0.25, 0.3) is 5.91 Å². The third kappa shape index (κ3) is 3.26. The molecule has 0 radical (unpaired) electrons. The molecule has 9 heteroatoms. The van der Waals surface area contributed by atoms with Crippen molar-refractivity contribution in [1.29, 1.82) is 0 Å². The Morgan fingerprint density at radius 2 is 1.85 bits per heavy atom. The molecule has 174 valence electrons. The monoisotopic (exact) mass is 487 g/mol. The molecule has 5 rings (SSSR count). The fourth-order valence-electron chi connectivity index (χ4n) is 5.62. The van der Waals surface area contributed by atoms with Gasteiger partial charge in [-0.3, -0.25) is 14.4 Å². The van der Waals surface area contributed by atoms with Crippen molar-refractivity contribution < 1.29 is 19.5 Å². The van der Waals surface area contributed by atoms with Crippen molar-refractivity contribution >= 4 is 46.8 Å². The molecule has 1 N–H and O–H groups in total. The Hall–Kier alpha value is -2.29. The van der Waals surface area contributed by atoms with Crippen molar-refractivity contribution in [3.8, 4) is 0 Å². The summed E-state index contributed by atoms with van der Waals surface area (Å²) in [7, 11) is 1.74. The van der Waals surface area contributed by atoms with E-state index in [1.165, 1.54) is 16.7 Å². The van der Waals surface area contributed by atoms with Gasteiger partial charge < -0.3 is 19.8 Å². The van der Waals surface area contributed by atoms with Crippen molar-refractivity contribution in [2.75, 3.05) is 31.6 Å². The molecular formula is C24H26ClN3O4S. The Balaban J connectivity index is 1.64. The molecule has 0 aromatic heterocycles. The van der Waals surface area contributed by atoms with Crippen molar-refractivity contribution in [3.05, 3.63) is 53.6 Å². The summed E-state index contributed by atoms with van der Waals surface area (Å²) >= 11 is 7.58. The van der Waals surface area contributed by atoms with Gasteiger partial charge in [0.15, 0.2) is 0 Å². The number of benzene rings is 1. The van der Waals surface area contributed by atoms with Crippen LogP contribution in [0.3, 0.4) is 0 Å². The van der Waals surface area contributed by atoms with E-state index in [4.69, 9.17) is 11.6 Å². The fourth-order valence-corrected chi connectivity index (χ4v) is 7.74. The average Bonchev–Trinajstić information content (AvgIpc) is 3.14. The zero-order valence-electron chi connectivity index (χ0n) is 18.4. The minimum absolute atomic E-state index is 0.0790. The van der Waals surface area contributed by atoms with Crippen LogP contribution in [0.4, 0.5) is 5.69 Å². The minimum atomic E-state index is -0.883. The number of carbonyl (C=O) groups excluding carboxylic acids is 3. The molecule has 33 heavy (non-hydrogen) atoms. The highest BCUT2D eigenvalue weighted by molar-refractivity contribution is 8.02. The third-order valence-corrected chi connectivity index (χ3v) is 9.17. The van der Waals surface area contributed by atoms with Crippen LogP contribution < -0.4 is 4.90 Å². The number of aliphatic hydroxyl groups excluding tert-OH is 1. The molecule has 1 aromatic carbocycles. The number of fused-ring (bicyclic) bond motifs is 2. The highest BCUT2D eigenvalue weighted by atomic mass is 35.5. The second kappa shape index (κ2) is 8.18. The summed E-state index contributed by atoms with van der Waals surface area (Å²) in [5.74, 6) is -1.76. The summed E-state index contributed by atoms with van der Waals surface area (Å²) < 4.78 is -0.883. The molecule has 7 nitrogen and oxygen atoms in total. The number of anilines is 1. The molecule has 1 unspecified atom stereocenters. The standard InChI is InChI=1S/C24H26ClN3O4S/c1-14(13-29)28-20-23(32)27(16-8-6-15(25)7-9-16)12-4-10-24(20)19(22(28)31)18-17(33-24)5-3-11-26(2)21(18)30/h3-10,14,17-20,29H,11-13H2,1-2H3/t14-,17+,18-,19+,20?,24+/m1/s1. The van der Waals surface area contributed by atoms with Crippen LogP contribution in [-0.2, 0) is 14.4 Å². The number of rotatable bonds is 3. The average molecular weight is 488 g/mol. The molecule has 0 aliphatic carbocycles. The predicted molar refractivity (Wildman–Crippen MR) is 128 cm³/mol. The summed E-state index contributed by atoms with van der Waals surface area (Å²) in [4.78, 5) is 46.1. The molecule has 0 bridgehead atoms. The van der Waals surface area contributed by atoms with E-state index in [9.17, 15) is 19.5 Å². The molecule has 4 aliphatic rings. The van der Waals surface area contributed by atoms with E-state index in [0.29, 0.717) is 23.8 Å². The van der Waals surface area contributed by atoms with Gasteiger partial charge in [0, 0.05) is 36.1 Å². The van der Waals surface area contributed by atoms with Crippen molar-refractivity contribution in [2.45, 2.75) is 29.0 Å². The first-order valence-electron chi connectivity index (χ1n) is 11.1. The van der Waals surface area contributed by atoms with Crippen molar-refractivity contribution in [1.82, 2.24) is 9.80 Å². The quantitative estimate of drug-likeness (QED) is 0.659. The SMILES string of the molecule is C[C@H](CO)N1C(=O)[C@@H]2[C@@H]3C(=O)N(C)CC=C[C@@H]3S[C@@]23C=CCN(c2ccc(Cl)cc2)C(=O)C13. The first kappa shape index (κ1) is 22.5. The summed E-state index contributed by atoms with van der Waals surface area (Å²) in [6.07, 6.45) is 7.87. The zero-order valence-corrected chi connectivity index (χ0v) is 20.0. The number of aliphatic hydroxyl groups is 1. The Bertz CT molecular complexity index is 1060. The molecule has 1 aromatic rings. The first-order valence-corrected chi connectivity index (χ1v) is 12.3. The number of halogens is 1. The minimum Gasteiger partial charge on any atom is -0.394 e. The van der Waals surface area contributed by atoms with Crippen LogP contribution in [0.25, 0.3) is 0 Å². The lowest BCUT2D eigenvalue weighted by atomic mass is 9.78.